The Morgan fingerprint density at radius 2 is 1.73 bits per heavy atom. The molecule has 0 aliphatic carbocycles. The minimum atomic E-state index is -1.81. The molecule has 1 rings (SSSR count). The van der Waals surface area contributed by atoms with Gasteiger partial charge in [-0.2, -0.15) is 0 Å². The monoisotopic (exact) mass is 220 g/mol. The molecule has 0 bridgehead atoms. The number of benzene rings is 1. The molecule has 15 heavy (non-hydrogen) atoms. The van der Waals surface area contributed by atoms with Gasteiger partial charge in [-0.25, -0.2) is 17.6 Å². The van der Waals surface area contributed by atoms with Gasteiger partial charge in [-0.1, -0.05) is 0 Å². The summed E-state index contributed by atoms with van der Waals surface area (Å²) in [4.78, 5) is 9.97. The lowest BCUT2D eigenvalue weighted by molar-refractivity contribution is -0.107. The summed E-state index contributed by atoms with van der Waals surface area (Å²) in [5, 5.41) is 0. The second-order valence-corrected chi connectivity index (χ2v) is 3.02. The highest BCUT2D eigenvalue weighted by molar-refractivity contribution is 5.49. The predicted octanol–water partition coefficient (Wildman–Crippen LogP) is 2.76. The molecule has 0 atom stereocenters. The zero-order valence-corrected chi connectivity index (χ0v) is 7.70. The zero-order valence-electron chi connectivity index (χ0n) is 7.70. The Morgan fingerprint density at radius 3 is 2.33 bits per heavy atom. The Hall–Kier alpha value is -1.39. The van der Waals surface area contributed by atoms with Crippen LogP contribution in [0.1, 0.15) is 18.4 Å². The highest BCUT2D eigenvalue weighted by atomic mass is 19.2. The van der Waals surface area contributed by atoms with Crippen LogP contribution in [0.25, 0.3) is 0 Å². The molecule has 0 fully saturated rings. The van der Waals surface area contributed by atoms with Gasteiger partial charge in [0.1, 0.15) is 6.29 Å². The van der Waals surface area contributed by atoms with Gasteiger partial charge in [0.25, 0.3) is 0 Å². The molecule has 1 aromatic carbocycles. The number of carbonyl (C=O) groups is 1. The van der Waals surface area contributed by atoms with E-state index < -0.39 is 23.3 Å². The summed E-state index contributed by atoms with van der Waals surface area (Å²) in [5.74, 6) is -6.43. The summed E-state index contributed by atoms with van der Waals surface area (Å²) in [6, 6.07) is 0.610. The highest BCUT2D eigenvalue weighted by Gasteiger charge is 2.18. The van der Waals surface area contributed by atoms with Crippen molar-refractivity contribution >= 4 is 6.29 Å². The summed E-state index contributed by atoms with van der Waals surface area (Å²) in [7, 11) is 0. The van der Waals surface area contributed by atoms with Gasteiger partial charge >= 0.3 is 0 Å². The van der Waals surface area contributed by atoms with Crippen molar-refractivity contribution in [3.63, 3.8) is 0 Å². The van der Waals surface area contributed by atoms with E-state index in [1.54, 1.807) is 0 Å². The maximum absolute atomic E-state index is 13.0. The quantitative estimate of drug-likeness (QED) is 0.251. The number of carbonyl (C=O) groups excluding carboxylic acids is 1. The van der Waals surface area contributed by atoms with Crippen LogP contribution in [0.15, 0.2) is 6.07 Å². The maximum Gasteiger partial charge on any atom is 0.197 e. The van der Waals surface area contributed by atoms with Crippen LogP contribution >= 0.6 is 0 Å². The molecule has 0 heterocycles. The van der Waals surface area contributed by atoms with Crippen LogP contribution in [0, 0.1) is 23.3 Å². The van der Waals surface area contributed by atoms with E-state index >= 15 is 0 Å². The summed E-state index contributed by atoms with van der Waals surface area (Å²) in [5.41, 5.74) is -0.256. The Balaban J connectivity index is 2.93. The zero-order chi connectivity index (χ0) is 11.4. The minimum absolute atomic E-state index is 0.00130. The van der Waals surface area contributed by atoms with Crippen molar-refractivity contribution in [2.75, 3.05) is 0 Å². The second-order valence-electron chi connectivity index (χ2n) is 3.02. The first-order chi connectivity index (χ1) is 7.07. The molecule has 0 radical (unpaired) electrons. The molecule has 0 aliphatic rings. The highest BCUT2D eigenvalue weighted by Crippen LogP contribution is 2.19. The van der Waals surface area contributed by atoms with Crippen molar-refractivity contribution in [3.8, 4) is 0 Å². The molecule has 0 unspecified atom stereocenters. The molecule has 82 valence electrons. The van der Waals surface area contributed by atoms with Crippen molar-refractivity contribution in [1.29, 1.82) is 0 Å². The van der Waals surface area contributed by atoms with E-state index in [0.29, 0.717) is 12.4 Å². The van der Waals surface area contributed by atoms with Crippen molar-refractivity contribution in [2.45, 2.75) is 19.3 Å². The van der Waals surface area contributed by atoms with Crippen LogP contribution in [0.4, 0.5) is 17.6 Å². The van der Waals surface area contributed by atoms with Gasteiger partial charge in [-0.05, 0) is 24.5 Å². The molecule has 1 aromatic rings. The van der Waals surface area contributed by atoms with Crippen molar-refractivity contribution < 1.29 is 22.4 Å². The lowest BCUT2D eigenvalue weighted by atomic mass is 10.1. The molecular weight excluding hydrogens is 212 g/mol. The Morgan fingerprint density at radius 1 is 1.07 bits per heavy atom. The van der Waals surface area contributed by atoms with Gasteiger partial charge in [0, 0.05) is 6.42 Å². The molecule has 0 N–H and O–H groups in total. The number of unbranched alkanes of at least 4 members (excludes halogenated alkanes) is 1. The molecule has 0 amide bonds. The van der Waals surface area contributed by atoms with Gasteiger partial charge in [0.05, 0.1) is 0 Å². The van der Waals surface area contributed by atoms with Gasteiger partial charge in [-0.3, -0.25) is 0 Å². The van der Waals surface area contributed by atoms with Gasteiger partial charge in [-0.15, -0.1) is 0 Å². The first-order valence-corrected chi connectivity index (χ1v) is 4.33. The van der Waals surface area contributed by atoms with Crippen molar-refractivity contribution in [1.82, 2.24) is 0 Å². The van der Waals surface area contributed by atoms with Crippen molar-refractivity contribution in [3.05, 3.63) is 34.9 Å². The fraction of sp³-hybridized carbons (Fsp3) is 0.300. The summed E-state index contributed by atoms with van der Waals surface area (Å²) >= 11 is 0. The second kappa shape index (κ2) is 4.91. The van der Waals surface area contributed by atoms with E-state index in [0.717, 1.165) is 0 Å². The first-order valence-electron chi connectivity index (χ1n) is 4.33. The molecule has 0 aliphatic heterocycles. The van der Waals surface area contributed by atoms with E-state index in [-0.39, 0.29) is 24.8 Å². The van der Waals surface area contributed by atoms with Crippen LogP contribution in [0.2, 0.25) is 0 Å². The smallest absolute Gasteiger partial charge is 0.197 e. The maximum atomic E-state index is 13.0. The molecule has 0 aromatic heterocycles. The number of hydrogen-bond donors (Lipinski definition) is 0. The third kappa shape index (κ3) is 2.55. The van der Waals surface area contributed by atoms with E-state index in [1.165, 1.54) is 0 Å². The molecule has 0 saturated heterocycles. The van der Waals surface area contributed by atoms with Crippen LogP contribution in [-0.4, -0.2) is 6.29 Å². The van der Waals surface area contributed by atoms with E-state index in [4.69, 9.17) is 0 Å². The van der Waals surface area contributed by atoms with E-state index in [1.807, 2.05) is 0 Å². The Bertz CT molecular complexity index is 376. The van der Waals surface area contributed by atoms with E-state index in [9.17, 15) is 22.4 Å². The number of halogens is 4. The fourth-order valence-corrected chi connectivity index (χ4v) is 1.18. The predicted molar refractivity (Wildman–Crippen MR) is 45.3 cm³/mol. The largest absolute Gasteiger partial charge is 0.303 e. The topological polar surface area (TPSA) is 17.1 Å². The van der Waals surface area contributed by atoms with E-state index in [2.05, 4.69) is 0 Å². The van der Waals surface area contributed by atoms with Crippen LogP contribution in [0.5, 0.6) is 0 Å². The average molecular weight is 220 g/mol. The number of rotatable bonds is 4. The normalized spacial score (nSPS) is 10.4. The number of aldehydes is 1. The molecule has 0 saturated carbocycles. The van der Waals surface area contributed by atoms with Gasteiger partial charge in [0.2, 0.25) is 0 Å². The Kier molecular flexibility index (Phi) is 3.82. The number of hydrogen-bond acceptors (Lipinski definition) is 1. The average Bonchev–Trinajstić information content (AvgIpc) is 2.23. The third-order valence-electron chi connectivity index (χ3n) is 1.95. The minimum Gasteiger partial charge on any atom is -0.303 e. The fourth-order valence-electron chi connectivity index (χ4n) is 1.18. The van der Waals surface area contributed by atoms with Gasteiger partial charge in [0.15, 0.2) is 23.3 Å². The van der Waals surface area contributed by atoms with Crippen LogP contribution < -0.4 is 0 Å². The van der Waals surface area contributed by atoms with Crippen LogP contribution in [-0.2, 0) is 11.2 Å². The number of aryl methyl sites for hydroxylation is 1. The third-order valence-corrected chi connectivity index (χ3v) is 1.95. The van der Waals surface area contributed by atoms with Crippen LogP contribution in [0.3, 0.4) is 0 Å². The molecular formula is C10H8F4O. The Labute approximate surface area is 83.7 Å². The van der Waals surface area contributed by atoms with Gasteiger partial charge < -0.3 is 4.79 Å². The molecule has 1 nitrogen and oxygen atoms in total. The lowest BCUT2D eigenvalue weighted by Crippen LogP contribution is -2.01. The molecule has 5 heteroatoms. The summed E-state index contributed by atoms with van der Waals surface area (Å²) in [6.45, 7) is 0. The summed E-state index contributed by atoms with van der Waals surface area (Å²) < 4.78 is 50.9. The van der Waals surface area contributed by atoms with Crippen molar-refractivity contribution in [2.24, 2.45) is 0 Å². The molecule has 0 spiro atoms. The summed E-state index contributed by atoms with van der Waals surface area (Å²) in [6.07, 6.45) is 1.05. The standard InChI is InChI=1S/C10H8F4O/c11-7-5-6(3-1-2-4-15)8(12)10(14)9(7)13/h4-5H,1-3H2. The lowest BCUT2D eigenvalue weighted by Gasteiger charge is -2.04. The SMILES string of the molecule is O=CCCCc1cc(F)c(F)c(F)c1F. The first kappa shape index (κ1) is 11.7.